The molecule has 0 spiro atoms. The molecule has 3 N–H and O–H groups in total. The molecular formula is C15H22NO2+. The fourth-order valence-corrected chi connectivity index (χ4v) is 2.53. The van der Waals surface area contributed by atoms with E-state index in [4.69, 9.17) is 4.74 Å². The average Bonchev–Trinajstić information content (AvgIpc) is 2.46. The Kier molecular flexibility index (Phi) is 4.76. The van der Waals surface area contributed by atoms with E-state index in [1.165, 1.54) is 0 Å². The first-order chi connectivity index (χ1) is 8.79. The van der Waals surface area contributed by atoms with Gasteiger partial charge in [-0.2, -0.15) is 0 Å². The van der Waals surface area contributed by atoms with Gasteiger partial charge in [-0.3, -0.25) is 4.79 Å². The third-order valence-corrected chi connectivity index (χ3v) is 3.81. The van der Waals surface area contributed by atoms with Gasteiger partial charge < -0.3 is 10.5 Å². The third kappa shape index (κ3) is 3.57. The van der Waals surface area contributed by atoms with Crippen LogP contribution in [0.3, 0.4) is 0 Å². The van der Waals surface area contributed by atoms with Gasteiger partial charge in [0.25, 0.3) is 0 Å². The van der Waals surface area contributed by atoms with Crippen molar-refractivity contribution in [3.8, 4) is 0 Å². The van der Waals surface area contributed by atoms with E-state index in [-0.39, 0.29) is 11.9 Å². The van der Waals surface area contributed by atoms with Crippen LogP contribution >= 0.6 is 0 Å². The minimum atomic E-state index is -0.0265. The number of benzene rings is 1. The van der Waals surface area contributed by atoms with Crippen LogP contribution < -0.4 is 5.73 Å². The number of esters is 1. The van der Waals surface area contributed by atoms with Gasteiger partial charge in [-0.1, -0.05) is 30.3 Å². The van der Waals surface area contributed by atoms with Crippen LogP contribution in [0.15, 0.2) is 30.3 Å². The van der Waals surface area contributed by atoms with E-state index in [9.17, 15) is 4.79 Å². The molecule has 18 heavy (non-hydrogen) atoms. The van der Waals surface area contributed by atoms with E-state index >= 15 is 0 Å². The summed E-state index contributed by atoms with van der Waals surface area (Å²) >= 11 is 0. The average molecular weight is 248 g/mol. The third-order valence-electron chi connectivity index (χ3n) is 3.81. The van der Waals surface area contributed by atoms with Gasteiger partial charge in [0, 0.05) is 5.92 Å². The molecule has 0 aliphatic heterocycles. The summed E-state index contributed by atoms with van der Waals surface area (Å²) in [6.45, 7) is 1.39. The molecule has 1 aromatic rings. The first-order valence-electron chi connectivity index (χ1n) is 6.79. The standard InChI is InChI=1S/C15H21NO2/c16-10-12-6-8-14(9-7-12)15(17)18-11-13-4-2-1-3-5-13/h1-5,12,14H,6-11,16H2/p+1. The number of quaternary nitrogens is 1. The van der Waals surface area contributed by atoms with Crippen molar-refractivity contribution in [2.75, 3.05) is 6.54 Å². The molecule has 1 fully saturated rings. The van der Waals surface area contributed by atoms with Gasteiger partial charge in [-0.15, -0.1) is 0 Å². The second kappa shape index (κ2) is 6.55. The lowest BCUT2D eigenvalue weighted by Crippen LogP contribution is -2.54. The van der Waals surface area contributed by atoms with E-state index in [0.29, 0.717) is 12.5 Å². The van der Waals surface area contributed by atoms with Crippen LogP contribution in [-0.4, -0.2) is 12.5 Å². The fraction of sp³-hybridized carbons (Fsp3) is 0.533. The van der Waals surface area contributed by atoms with Crippen molar-refractivity contribution in [2.24, 2.45) is 11.8 Å². The van der Waals surface area contributed by atoms with E-state index < -0.39 is 0 Å². The van der Waals surface area contributed by atoms with Gasteiger partial charge in [0.05, 0.1) is 12.5 Å². The quantitative estimate of drug-likeness (QED) is 0.826. The normalized spacial score (nSPS) is 23.6. The van der Waals surface area contributed by atoms with Gasteiger partial charge in [0.15, 0.2) is 0 Å². The molecular weight excluding hydrogens is 226 g/mol. The summed E-state index contributed by atoms with van der Waals surface area (Å²) in [7, 11) is 0. The maximum absolute atomic E-state index is 11.9. The SMILES string of the molecule is [NH3+]CC1CCC(C(=O)OCc2ccccc2)CC1. The largest absolute Gasteiger partial charge is 0.461 e. The molecule has 0 aromatic heterocycles. The smallest absolute Gasteiger partial charge is 0.309 e. The number of ether oxygens (including phenoxy) is 1. The summed E-state index contributed by atoms with van der Waals surface area (Å²) in [5.74, 6) is 0.793. The highest BCUT2D eigenvalue weighted by Crippen LogP contribution is 2.28. The molecule has 1 aliphatic rings. The van der Waals surface area contributed by atoms with Crippen molar-refractivity contribution in [1.29, 1.82) is 0 Å². The molecule has 0 saturated heterocycles. The van der Waals surface area contributed by atoms with E-state index in [2.05, 4.69) is 5.73 Å². The lowest BCUT2D eigenvalue weighted by atomic mass is 9.82. The van der Waals surface area contributed by atoms with E-state index in [1.807, 2.05) is 30.3 Å². The Bertz CT molecular complexity index is 369. The molecule has 1 aromatic carbocycles. The number of hydrogen-bond acceptors (Lipinski definition) is 2. The number of hydrogen-bond donors (Lipinski definition) is 1. The Hall–Kier alpha value is -1.35. The predicted octanol–water partition coefficient (Wildman–Crippen LogP) is 1.78. The Labute approximate surface area is 108 Å². The maximum atomic E-state index is 11.9. The van der Waals surface area contributed by atoms with Crippen LogP contribution in [0.5, 0.6) is 0 Å². The second-order valence-corrected chi connectivity index (χ2v) is 5.10. The molecule has 3 nitrogen and oxygen atoms in total. The van der Waals surface area contributed by atoms with Crippen LogP contribution in [0, 0.1) is 11.8 Å². The highest BCUT2D eigenvalue weighted by Gasteiger charge is 2.27. The van der Waals surface area contributed by atoms with Crippen LogP contribution in [-0.2, 0) is 16.1 Å². The van der Waals surface area contributed by atoms with Gasteiger partial charge >= 0.3 is 5.97 Å². The number of rotatable bonds is 4. The van der Waals surface area contributed by atoms with Gasteiger partial charge in [0.1, 0.15) is 6.61 Å². The zero-order valence-electron chi connectivity index (χ0n) is 10.8. The van der Waals surface area contributed by atoms with Crippen LogP contribution in [0.2, 0.25) is 0 Å². The first-order valence-corrected chi connectivity index (χ1v) is 6.79. The minimum absolute atomic E-state index is 0.0265. The van der Waals surface area contributed by atoms with Crippen LogP contribution in [0.25, 0.3) is 0 Å². The molecule has 3 heteroatoms. The van der Waals surface area contributed by atoms with Crippen molar-refractivity contribution in [2.45, 2.75) is 32.3 Å². The molecule has 0 heterocycles. The molecule has 0 atom stereocenters. The molecule has 0 unspecified atom stereocenters. The summed E-state index contributed by atoms with van der Waals surface area (Å²) < 4.78 is 5.38. The van der Waals surface area contributed by atoms with Crippen molar-refractivity contribution in [3.05, 3.63) is 35.9 Å². The Morgan fingerprint density at radius 1 is 1.17 bits per heavy atom. The Morgan fingerprint density at radius 2 is 1.83 bits per heavy atom. The molecule has 0 amide bonds. The van der Waals surface area contributed by atoms with Crippen molar-refractivity contribution in [3.63, 3.8) is 0 Å². The Morgan fingerprint density at radius 3 is 2.44 bits per heavy atom. The number of carbonyl (C=O) groups excluding carboxylic acids is 1. The molecule has 0 bridgehead atoms. The van der Waals surface area contributed by atoms with Gasteiger partial charge in [0.2, 0.25) is 0 Å². The molecule has 2 rings (SSSR count). The zero-order chi connectivity index (χ0) is 12.8. The maximum Gasteiger partial charge on any atom is 0.309 e. The highest BCUT2D eigenvalue weighted by atomic mass is 16.5. The van der Waals surface area contributed by atoms with Crippen LogP contribution in [0.4, 0.5) is 0 Å². The van der Waals surface area contributed by atoms with Crippen LogP contribution in [0.1, 0.15) is 31.2 Å². The molecule has 98 valence electrons. The highest BCUT2D eigenvalue weighted by molar-refractivity contribution is 5.72. The summed E-state index contributed by atoms with van der Waals surface area (Å²) in [6, 6.07) is 9.84. The lowest BCUT2D eigenvalue weighted by molar-refractivity contribution is -0.380. The second-order valence-electron chi connectivity index (χ2n) is 5.10. The topological polar surface area (TPSA) is 53.9 Å². The van der Waals surface area contributed by atoms with E-state index in [0.717, 1.165) is 37.8 Å². The van der Waals surface area contributed by atoms with Gasteiger partial charge in [-0.05, 0) is 31.2 Å². The zero-order valence-corrected chi connectivity index (χ0v) is 10.8. The molecule has 1 aliphatic carbocycles. The summed E-state index contributed by atoms with van der Waals surface area (Å²) in [5.41, 5.74) is 4.99. The fourth-order valence-electron chi connectivity index (χ4n) is 2.53. The molecule has 0 radical (unpaired) electrons. The summed E-state index contributed by atoms with van der Waals surface area (Å²) in [5, 5.41) is 0. The van der Waals surface area contributed by atoms with Crippen molar-refractivity contribution in [1.82, 2.24) is 0 Å². The minimum Gasteiger partial charge on any atom is -0.461 e. The van der Waals surface area contributed by atoms with Gasteiger partial charge in [-0.25, -0.2) is 0 Å². The number of carbonyl (C=O) groups is 1. The lowest BCUT2D eigenvalue weighted by Gasteiger charge is -2.25. The van der Waals surface area contributed by atoms with Crippen molar-refractivity contribution < 1.29 is 15.3 Å². The first kappa shape index (κ1) is 13.1. The molecule has 1 saturated carbocycles. The van der Waals surface area contributed by atoms with Crippen molar-refractivity contribution >= 4 is 5.97 Å². The summed E-state index contributed by atoms with van der Waals surface area (Å²) in [4.78, 5) is 11.9. The summed E-state index contributed by atoms with van der Waals surface area (Å²) in [6.07, 6.45) is 4.17. The Balaban J connectivity index is 1.75. The monoisotopic (exact) mass is 248 g/mol. The predicted molar refractivity (Wildman–Crippen MR) is 69.4 cm³/mol. The van der Waals surface area contributed by atoms with E-state index in [1.54, 1.807) is 0 Å².